The first-order chi connectivity index (χ1) is 9.25. The van der Waals surface area contributed by atoms with Gasteiger partial charge in [-0.3, -0.25) is 0 Å². The van der Waals surface area contributed by atoms with Crippen LogP contribution in [0.1, 0.15) is 23.6 Å². The van der Waals surface area contributed by atoms with Crippen molar-refractivity contribution in [2.45, 2.75) is 19.4 Å². The van der Waals surface area contributed by atoms with Gasteiger partial charge in [0.05, 0.1) is 10.6 Å². The monoisotopic (exact) mass is 359 g/mol. The van der Waals surface area contributed by atoms with E-state index in [1.807, 2.05) is 0 Å². The predicted octanol–water partition coefficient (Wildman–Crippen LogP) is 4.91. The molecule has 0 spiro atoms. The lowest BCUT2D eigenvalue weighted by Gasteiger charge is -2.27. The predicted molar refractivity (Wildman–Crippen MR) is 80.9 cm³/mol. The van der Waals surface area contributed by atoms with Crippen LogP contribution in [-0.4, -0.2) is 0 Å². The molecule has 0 radical (unpaired) electrons. The Kier molecular flexibility index (Phi) is 4.19. The molecule has 0 aromatic heterocycles. The number of halogens is 4. The van der Waals surface area contributed by atoms with Crippen LogP contribution in [0.5, 0.6) is 0 Å². The van der Waals surface area contributed by atoms with Gasteiger partial charge in [-0.1, -0.05) is 29.8 Å². The standard InChI is InChI=1S/C15H13BrClF2N/c1-8-3-4-9(7-12(8)18)15(2,20)10-5-6-11(16)13(17)14(10)19/h3-7H,20H2,1-2H3. The van der Waals surface area contributed by atoms with Gasteiger partial charge in [-0.25, -0.2) is 8.78 Å². The van der Waals surface area contributed by atoms with E-state index < -0.39 is 11.4 Å². The fourth-order valence-corrected chi connectivity index (χ4v) is 2.47. The van der Waals surface area contributed by atoms with E-state index >= 15 is 0 Å². The Balaban J connectivity index is 2.60. The van der Waals surface area contributed by atoms with E-state index in [9.17, 15) is 8.78 Å². The van der Waals surface area contributed by atoms with Crippen molar-refractivity contribution in [1.82, 2.24) is 0 Å². The molecule has 0 saturated carbocycles. The van der Waals surface area contributed by atoms with Gasteiger partial charge < -0.3 is 5.73 Å². The number of nitrogens with two attached hydrogens (primary N) is 1. The maximum Gasteiger partial charge on any atom is 0.148 e. The SMILES string of the molecule is Cc1ccc(C(C)(N)c2ccc(Br)c(Cl)c2F)cc1F. The molecule has 20 heavy (non-hydrogen) atoms. The molecule has 0 heterocycles. The average Bonchev–Trinajstić information content (AvgIpc) is 2.38. The van der Waals surface area contributed by atoms with Crippen molar-refractivity contribution in [3.05, 3.63) is 68.2 Å². The minimum Gasteiger partial charge on any atom is -0.318 e. The first kappa shape index (κ1) is 15.4. The van der Waals surface area contributed by atoms with E-state index in [1.54, 1.807) is 38.1 Å². The quantitative estimate of drug-likeness (QED) is 0.757. The molecule has 0 aliphatic carbocycles. The van der Waals surface area contributed by atoms with Crippen LogP contribution in [0.2, 0.25) is 5.02 Å². The van der Waals surface area contributed by atoms with Crippen LogP contribution in [0.3, 0.4) is 0 Å². The molecule has 0 aliphatic heterocycles. The highest BCUT2D eigenvalue weighted by Crippen LogP contribution is 2.35. The van der Waals surface area contributed by atoms with Crippen molar-refractivity contribution in [2.75, 3.05) is 0 Å². The molecule has 0 aliphatic rings. The van der Waals surface area contributed by atoms with Gasteiger partial charge in [0.1, 0.15) is 11.6 Å². The summed E-state index contributed by atoms with van der Waals surface area (Å²) in [7, 11) is 0. The number of rotatable bonds is 2. The molecule has 0 bridgehead atoms. The topological polar surface area (TPSA) is 26.0 Å². The molecule has 1 nitrogen and oxygen atoms in total. The van der Waals surface area contributed by atoms with Crippen LogP contribution in [0.4, 0.5) is 8.78 Å². The smallest absolute Gasteiger partial charge is 0.148 e. The molecule has 5 heteroatoms. The van der Waals surface area contributed by atoms with Crippen LogP contribution in [-0.2, 0) is 5.54 Å². The van der Waals surface area contributed by atoms with Gasteiger partial charge in [0.15, 0.2) is 0 Å². The second kappa shape index (κ2) is 5.43. The summed E-state index contributed by atoms with van der Waals surface area (Å²) >= 11 is 9.03. The van der Waals surface area contributed by atoms with E-state index in [1.165, 1.54) is 6.07 Å². The van der Waals surface area contributed by atoms with Crippen LogP contribution < -0.4 is 5.73 Å². The molecular formula is C15H13BrClF2N. The maximum absolute atomic E-state index is 14.3. The summed E-state index contributed by atoms with van der Waals surface area (Å²) in [4.78, 5) is 0. The Labute approximate surface area is 129 Å². The molecule has 2 rings (SSSR count). The zero-order valence-corrected chi connectivity index (χ0v) is 13.3. The number of benzene rings is 2. The minimum absolute atomic E-state index is 0.0354. The lowest BCUT2D eigenvalue weighted by atomic mass is 9.85. The van der Waals surface area contributed by atoms with Crippen LogP contribution in [0, 0.1) is 18.6 Å². The van der Waals surface area contributed by atoms with Crippen molar-refractivity contribution < 1.29 is 8.78 Å². The largest absolute Gasteiger partial charge is 0.318 e. The molecule has 0 fully saturated rings. The number of hydrogen-bond donors (Lipinski definition) is 1. The summed E-state index contributed by atoms with van der Waals surface area (Å²) in [6, 6.07) is 7.80. The van der Waals surface area contributed by atoms with Gasteiger partial charge in [0, 0.05) is 10.0 Å². The number of aryl methyl sites for hydroxylation is 1. The first-order valence-corrected chi connectivity index (χ1v) is 7.11. The summed E-state index contributed by atoms with van der Waals surface area (Å²) in [6.45, 7) is 3.28. The normalized spacial score (nSPS) is 14.2. The zero-order valence-electron chi connectivity index (χ0n) is 11.0. The Morgan fingerprint density at radius 1 is 1.20 bits per heavy atom. The lowest BCUT2D eigenvalue weighted by molar-refractivity contribution is 0.525. The molecule has 1 atom stereocenters. The second-order valence-electron chi connectivity index (χ2n) is 4.89. The molecule has 2 aromatic rings. The summed E-state index contributed by atoms with van der Waals surface area (Å²) < 4.78 is 28.4. The summed E-state index contributed by atoms with van der Waals surface area (Å²) in [6.07, 6.45) is 0. The molecule has 106 valence electrons. The van der Waals surface area contributed by atoms with Gasteiger partial charge in [-0.15, -0.1) is 0 Å². The van der Waals surface area contributed by atoms with E-state index in [0.717, 1.165) is 0 Å². The fourth-order valence-electron chi connectivity index (χ4n) is 2.00. The zero-order chi connectivity index (χ0) is 15.1. The highest BCUT2D eigenvalue weighted by atomic mass is 79.9. The van der Waals surface area contributed by atoms with Crippen molar-refractivity contribution in [2.24, 2.45) is 5.73 Å². The molecule has 0 saturated heterocycles. The average molecular weight is 361 g/mol. The first-order valence-electron chi connectivity index (χ1n) is 5.94. The van der Waals surface area contributed by atoms with E-state index in [-0.39, 0.29) is 16.4 Å². The molecule has 2 N–H and O–H groups in total. The van der Waals surface area contributed by atoms with Crippen LogP contribution in [0.25, 0.3) is 0 Å². The Morgan fingerprint density at radius 2 is 1.85 bits per heavy atom. The maximum atomic E-state index is 14.3. The van der Waals surface area contributed by atoms with Gasteiger partial charge in [-0.05, 0) is 53.0 Å². The third-order valence-electron chi connectivity index (χ3n) is 3.37. The van der Waals surface area contributed by atoms with Gasteiger partial charge in [-0.2, -0.15) is 0 Å². The Hall–Kier alpha value is -0.970. The number of hydrogen-bond acceptors (Lipinski definition) is 1. The molecular weight excluding hydrogens is 348 g/mol. The van der Waals surface area contributed by atoms with E-state index in [2.05, 4.69) is 15.9 Å². The highest BCUT2D eigenvalue weighted by Gasteiger charge is 2.29. The molecule has 2 aromatic carbocycles. The summed E-state index contributed by atoms with van der Waals surface area (Å²) in [5.41, 5.74) is 6.25. The van der Waals surface area contributed by atoms with Gasteiger partial charge in [0.2, 0.25) is 0 Å². The highest BCUT2D eigenvalue weighted by molar-refractivity contribution is 9.10. The van der Waals surface area contributed by atoms with Gasteiger partial charge in [0.25, 0.3) is 0 Å². The van der Waals surface area contributed by atoms with Crippen molar-refractivity contribution in [3.63, 3.8) is 0 Å². The van der Waals surface area contributed by atoms with Crippen molar-refractivity contribution >= 4 is 27.5 Å². The molecule has 1 unspecified atom stereocenters. The second-order valence-corrected chi connectivity index (χ2v) is 6.12. The third-order valence-corrected chi connectivity index (χ3v) is 4.62. The Morgan fingerprint density at radius 3 is 2.45 bits per heavy atom. The van der Waals surface area contributed by atoms with E-state index in [0.29, 0.717) is 15.6 Å². The van der Waals surface area contributed by atoms with Crippen molar-refractivity contribution in [3.8, 4) is 0 Å². The van der Waals surface area contributed by atoms with Crippen molar-refractivity contribution in [1.29, 1.82) is 0 Å². The van der Waals surface area contributed by atoms with E-state index in [4.69, 9.17) is 17.3 Å². The fraction of sp³-hybridized carbons (Fsp3) is 0.200. The summed E-state index contributed by atoms with van der Waals surface area (Å²) in [5.74, 6) is -0.977. The third kappa shape index (κ3) is 2.60. The van der Waals surface area contributed by atoms with Crippen LogP contribution in [0.15, 0.2) is 34.8 Å². The molecule has 0 amide bonds. The lowest BCUT2D eigenvalue weighted by Crippen LogP contribution is -2.35. The Bertz CT molecular complexity index is 671. The van der Waals surface area contributed by atoms with Gasteiger partial charge >= 0.3 is 0 Å². The minimum atomic E-state index is -1.18. The summed E-state index contributed by atoms with van der Waals surface area (Å²) in [5, 5.41) is -0.0354. The van der Waals surface area contributed by atoms with Crippen LogP contribution >= 0.6 is 27.5 Å².